The Bertz CT molecular complexity index is 865. The van der Waals surface area contributed by atoms with Crippen LogP contribution in [0.25, 0.3) is 11.0 Å². The molecule has 0 saturated heterocycles. The molecule has 1 amide bonds. The molecule has 0 fully saturated rings. The summed E-state index contributed by atoms with van der Waals surface area (Å²) in [7, 11) is 0. The molecule has 1 aromatic heterocycles. The number of para-hydroxylation sites is 2. The maximum Gasteiger partial charge on any atom is 0.326 e. The molecule has 3 rings (SSSR count). The lowest BCUT2D eigenvalue weighted by Crippen LogP contribution is -2.30. The quantitative estimate of drug-likeness (QED) is 0.776. The van der Waals surface area contributed by atoms with E-state index in [1.165, 1.54) is 0 Å². The molecule has 0 aliphatic heterocycles. The summed E-state index contributed by atoms with van der Waals surface area (Å²) in [5.41, 5.74) is 1.97. The van der Waals surface area contributed by atoms with E-state index in [1.807, 2.05) is 24.3 Å². The third-order valence-corrected chi connectivity index (χ3v) is 3.66. The zero-order valence-electron chi connectivity index (χ0n) is 11.7. The van der Waals surface area contributed by atoms with Gasteiger partial charge in [0.1, 0.15) is 0 Å². The highest BCUT2D eigenvalue weighted by molar-refractivity contribution is 6.30. The van der Waals surface area contributed by atoms with Gasteiger partial charge in [0.15, 0.2) is 0 Å². The van der Waals surface area contributed by atoms with Gasteiger partial charge in [-0.1, -0.05) is 23.7 Å². The summed E-state index contributed by atoms with van der Waals surface area (Å²) in [6.45, 7) is 0.769. The predicted molar refractivity (Wildman–Crippen MR) is 86.3 cm³/mol. The summed E-state index contributed by atoms with van der Waals surface area (Å²) < 4.78 is 1.61. The van der Waals surface area contributed by atoms with Crippen LogP contribution in [0.3, 0.4) is 0 Å². The van der Waals surface area contributed by atoms with Crippen molar-refractivity contribution in [3.8, 4) is 0 Å². The number of halogens is 1. The number of imidazole rings is 1. The second kappa shape index (κ2) is 6.07. The lowest BCUT2D eigenvalue weighted by Gasteiger charge is -2.06. The Morgan fingerprint density at radius 3 is 2.64 bits per heavy atom. The Hall–Kier alpha value is -2.53. The van der Waals surface area contributed by atoms with Crippen molar-refractivity contribution in [3.05, 3.63) is 69.6 Å². The highest BCUT2D eigenvalue weighted by atomic mass is 35.5. The van der Waals surface area contributed by atoms with Crippen LogP contribution in [0.4, 0.5) is 0 Å². The van der Waals surface area contributed by atoms with Gasteiger partial charge in [-0.3, -0.25) is 9.36 Å². The van der Waals surface area contributed by atoms with E-state index in [4.69, 9.17) is 11.6 Å². The number of amides is 1. The van der Waals surface area contributed by atoms with Crippen molar-refractivity contribution in [1.29, 1.82) is 0 Å². The first-order valence-corrected chi connectivity index (χ1v) is 7.24. The van der Waals surface area contributed by atoms with Gasteiger partial charge in [0.05, 0.1) is 11.0 Å². The first-order valence-electron chi connectivity index (χ1n) is 6.86. The largest absolute Gasteiger partial charge is 0.350 e. The molecule has 2 aromatic carbocycles. The second-order valence-corrected chi connectivity index (χ2v) is 5.30. The SMILES string of the molecule is O=C(NCCn1c(=O)[nH]c2ccccc21)c1ccc(Cl)cc1. The van der Waals surface area contributed by atoms with Crippen molar-refractivity contribution in [3.63, 3.8) is 0 Å². The number of fused-ring (bicyclic) bond motifs is 1. The van der Waals surface area contributed by atoms with E-state index in [1.54, 1.807) is 28.8 Å². The van der Waals surface area contributed by atoms with Crippen LogP contribution in [0, 0.1) is 0 Å². The average molecular weight is 316 g/mol. The number of carbonyl (C=O) groups excluding carboxylic acids is 1. The molecule has 6 heteroatoms. The van der Waals surface area contributed by atoms with E-state index in [0.29, 0.717) is 23.7 Å². The van der Waals surface area contributed by atoms with E-state index in [-0.39, 0.29) is 11.6 Å². The Balaban J connectivity index is 1.67. The maximum atomic E-state index is 12.0. The number of aromatic nitrogens is 2. The molecule has 0 aliphatic rings. The molecule has 0 radical (unpaired) electrons. The van der Waals surface area contributed by atoms with Gasteiger partial charge >= 0.3 is 5.69 Å². The molecule has 3 aromatic rings. The van der Waals surface area contributed by atoms with Crippen LogP contribution in [-0.4, -0.2) is 22.0 Å². The smallest absolute Gasteiger partial charge is 0.326 e. The fourth-order valence-corrected chi connectivity index (χ4v) is 2.44. The average Bonchev–Trinajstić information content (AvgIpc) is 2.84. The van der Waals surface area contributed by atoms with Crippen LogP contribution in [0.15, 0.2) is 53.3 Å². The fraction of sp³-hybridized carbons (Fsp3) is 0.125. The van der Waals surface area contributed by atoms with Gasteiger partial charge < -0.3 is 10.3 Å². The number of nitrogens with zero attached hydrogens (tertiary/aromatic N) is 1. The Labute approximate surface area is 131 Å². The highest BCUT2D eigenvalue weighted by Gasteiger charge is 2.07. The van der Waals surface area contributed by atoms with Crippen molar-refractivity contribution >= 4 is 28.5 Å². The van der Waals surface area contributed by atoms with Crippen molar-refractivity contribution in [2.24, 2.45) is 0 Å². The van der Waals surface area contributed by atoms with Crippen LogP contribution in [0.1, 0.15) is 10.4 Å². The van der Waals surface area contributed by atoms with Crippen molar-refractivity contribution in [1.82, 2.24) is 14.9 Å². The lowest BCUT2D eigenvalue weighted by molar-refractivity contribution is 0.0952. The molecule has 0 aliphatic carbocycles. The normalized spacial score (nSPS) is 10.8. The number of rotatable bonds is 4. The number of benzene rings is 2. The molecule has 112 valence electrons. The fourth-order valence-electron chi connectivity index (χ4n) is 2.31. The zero-order chi connectivity index (χ0) is 15.5. The first-order chi connectivity index (χ1) is 10.6. The van der Waals surface area contributed by atoms with Crippen LogP contribution in [0.2, 0.25) is 5.02 Å². The van der Waals surface area contributed by atoms with Gasteiger partial charge in [0, 0.05) is 23.7 Å². The summed E-state index contributed by atoms with van der Waals surface area (Å²) in [6, 6.07) is 14.1. The minimum absolute atomic E-state index is 0.179. The summed E-state index contributed by atoms with van der Waals surface area (Å²) in [6.07, 6.45) is 0. The van der Waals surface area contributed by atoms with Crippen molar-refractivity contribution < 1.29 is 4.79 Å². The number of H-pyrrole nitrogens is 1. The molecule has 0 saturated carbocycles. The molecule has 0 unspecified atom stereocenters. The van der Waals surface area contributed by atoms with Crippen LogP contribution >= 0.6 is 11.6 Å². The zero-order valence-corrected chi connectivity index (χ0v) is 12.4. The van der Waals surface area contributed by atoms with Gasteiger partial charge in [-0.2, -0.15) is 0 Å². The number of aromatic amines is 1. The molecule has 2 N–H and O–H groups in total. The van der Waals surface area contributed by atoms with Gasteiger partial charge in [-0.25, -0.2) is 4.79 Å². The monoisotopic (exact) mass is 315 g/mol. The topological polar surface area (TPSA) is 66.9 Å². The van der Waals surface area contributed by atoms with Crippen molar-refractivity contribution in [2.75, 3.05) is 6.54 Å². The van der Waals surface area contributed by atoms with Gasteiger partial charge in [0.25, 0.3) is 5.91 Å². The predicted octanol–water partition coefficient (Wildman–Crippen LogP) is 2.41. The van der Waals surface area contributed by atoms with E-state index >= 15 is 0 Å². The molecule has 0 bridgehead atoms. The number of nitrogens with one attached hydrogen (secondary N) is 2. The lowest BCUT2D eigenvalue weighted by atomic mass is 10.2. The van der Waals surface area contributed by atoms with E-state index in [2.05, 4.69) is 10.3 Å². The molecule has 22 heavy (non-hydrogen) atoms. The summed E-state index contributed by atoms with van der Waals surface area (Å²) in [5.74, 6) is -0.190. The number of hydrogen-bond donors (Lipinski definition) is 2. The van der Waals surface area contributed by atoms with E-state index in [9.17, 15) is 9.59 Å². The molecule has 0 spiro atoms. The number of hydrogen-bond acceptors (Lipinski definition) is 2. The standard InChI is InChI=1S/C16H14ClN3O2/c17-12-7-5-11(6-8-12)15(21)18-9-10-20-14-4-2-1-3-13(14)19-16(20)22/h1-8H,9-10H2,(H,18,21)(H,19,22). The first kappa shape index (κ1) is 14.4. The van der Waals surface area contributed by atoms with Gasteiger partial charge in [-0.15, -0.1) is 0 Å². The minimum atomic E-state index is -0.190. The van der Waals surface area contributed by atoms with Gasteiger partial charge in [0.2, 0.25) is 0 Å². The third kappa shape index (κ3) is 2.89. The summed E-state index contributed by atoms with van der Waals surface area (Å²) in [4.78, 5) is 26.7. The van der Waals surface area contributed by atoms with E-state index < -0.39 is 0 Å². The Morgan fingerprint density at radius 2 is 1.86 bits per heavy atom. The Kier molecular flexibility index (Phi) is 3.98. The third-order valence-electron chi connectivity index (χ3n) is 3.41. The van der Waals surface area contributed by atoms with Gasteiger partial charge in [-0.05, 0) is 36.4 Å². The molecule has 0 atom stereocenters. The summed E-state index contributed by atoms with van der Waals surface area (Å²) >= 11 is 5.79. The van der Waals surface area contributed by atoms with Crippen molar-refractivity contribution in [2.45, 2.75) is 6.54 Å². The molecular formula is C16H14ClN3O2. The Morgan fingerprint density at radius 1 is 1.14 bits per heavy atom. The molecular weight excluding hydrogens is 302 g/mol. The van der Waals surface area contributed by atoms with Crippen LogP contribution in [-0.2, 0) is 6.54 Å². The molecule has 1 heterocycles. The number of carbonyl (C=O) groups is 1. The summed E-state index contributed by atoms with van der Waals surface area (Å²) in [5, 5.41) is 3.38. The highest BCUT2D eigenvalue weighted by Crippen LogP contribution is 2.10. The van der Waals surface area contributed by atoms with Crippen LogP contribution < -0.4 is 11.0 Å². The maximum absolute atomic E-state index is 12.0. The van der Waals surface area contributed by atoms with E-state index in [0.717, 1.165) is 11.0 Å². The molecule has 5 nitrogen and oxygen atoms in total. The van der Waals surface area contributed by atoms with Crippen LogP contribution in [0.5, 0.6) is 0 Å². The minimum Gasteiger partial charge on any atom is -0.350 e. The second-order valence-electron chi connectivity index (χ2n) is 4.86.